The molecule has 2 aromatic carbocycles. The molecule has 0 unspecified atom stereocenters. The van der Waals surface area contributed by atoms with Crippen LogP contribution in [0.4, 0.5) is 23.7 Å². The second-order valence-electron chi connectivity index (χ2n) is 11.7. The van der Waals surface area contributed by atoms with Gasteiger partial charge >= 0.3 is 12.3 Å². The first-order valence-electron chi connectivity index (χ1n) is 13.8. The second-order valence-corrected chi connectivity index (χ2v) is 11.7. The highest BCUT2D eigenvalue weighted by Gasteiger charge is 2.35. The first-order valence-corrected chi connectivity index (χ1v) is 13.8. The lowest BCUT2D eigenvalue weighted by Crippen LogP contribution is -2.48. The van der Waals surface area contributed by atoms with Crippen molar-refractivity contribution in [2.75, 3.05) is 38.5 Å². The van der Waals surface area contributed by atoms with Gasteiger partial charge in [0.1, 0.15) is 5.60 Å². The number of nitrogens with one attached hydrogen (secondary N) is 1. The molecular formula is C30H39F3N4O3. The molecule has 0 spiro atoms. The molecule has 218 valence electrons. The van der Waals surface area contributed by atoms with E-state index in [1.807, 2.05) is 46.0 Å². The number of nitrogens with zero attached hydrogens (tertiary/aromatic N) is 3. The molecule has 40 heavy (non-hydrogen) atoms. The third-order valence-electron chi connectivity index (χ3n) is 7.46. The predicted molar refractivity (Wildman–Crippen MR) is 148 cm³/mol. The number of hydrogen-bond donors (Lipinski definition) is 1. The number of amides is 2. The number of benzene rings is 2. The van der Waals surface area contributed by atoms with Crippen LogP contribution in [0.1, 0.15) is 55.9 Å². The zero-order chi connectivity index (χ0) is 29.1. The van der Waals surface area contributed by atoms with Crippen molar-refractivity contribution in [1.82, 2.24) is 14.7 Å². The van der Waals surface area contributed by atoms with Gasteiger partial charge in [0.2, 0.25) is 5.91 Å². The Kier molecular flexibility index (Phi) is 8.97. The molecule has 2 aliphatic heterocycles. The number of anilines is 1. The van der Waals surface area contributed by atoms with E-state index in [4.69, 9.17) is 4.74 Å². The van der Waals surface area contributed by atoms with Crippen molar-refractivity contribution < 1.29 is 27.5 Å². The zero-order valence-corrected chi connectivity index (χ0v) is 23.7. The van der Waals surface area contributed by atoms with Gasteiger partial charge in [-0.1, -0.05) is 30.3 Å². The average molecular weight is 561 g/mol. The van der Waals surface area contributed by atoms with Crippen molar-refractivity contribution >= 4 is 17.7 Å². The van der Waals surface area contributed by atoms with Crippen molar-refractivity contribution in [1.29, 1.82) is 0 Å². The Bertz CT molecular complexity index is 1200. The van der Waals surface area contributed by atoms with Gasteiger partial charge < -0.3 is 24.8 Å². The molecular weight excluding hydrogens is 521 g/mol. The Morgan fingerprint density at radius 1 is 1.02 bits per heavy atom. The number of fused-ring (bicyclic) bond motifs is 1. The molecule has 1 fully saturated rings. The Morgan fingerprint density at radius 3 is 2.40 bits per heavy atom. The maximum absolute atomic E-state index is 13.7. The quantitative estimate of drug-likeness (QED) is 0.503. The maximum atomic E-state index is 13.7. The minimum Gasteiger partial charge on any atom is -0.444 e. The van der Waals surface area contributed by atoms with E-state index in [1.165, 1.54) is 12.1 Å². The summed E-state index contributed by atoms with van der Waals surface area (Å²) in [4.78, 5) is 31.6. The molecule has 1 saturated heterocycles. The van der Waals surface area contributed by atoms with Crippen LogP contribution in [0.2, 0.25) is 0 Å². The number of likely N-dealkylation sites (tertiary alicyclic amines) is 1. The van der Waals surface area contributed by atoms with Crippen LogP contribution in [-0.2, 0) is 35.2 Å². The molecule has 0 bridgehead atoms. The van der Waals surface area contributed by atoms with Gasteiger partial charge in [-0.05, 0) is 89.0 Å². The number of alkyl halides is 3. The van der Waals surface area contributed by atoms with Gasteiger partial charge in [-0.3, -0.25) is 4.79 Å². The first-order chi connectivity index (χ1) is 18.8. The third kappa shape index (κ3) is 7.47. The van der Waals surface area contributed by atoms with Crippen LogP contribution in [0, 0.1) is 0 Å². The number of halogens is 3. The number of rotatable bonds is 6. The van der Waals surface area contributed by atoms with Crippen LogP contribution >= 0.6 is 0 Å². The first kappa shape index (κ1) is 29.7. The molecule has 0 saturated carbocycles. The van der Waals surface area contributed by atoms with Gasteiger partial charge in [-0.15, -0.1) is 0 Å². The molecule has 2 aromatic rings. The Morgan fingerprint density at radius 2 is 1.73 bits per heavy atom. The number of hydrogen-bond acceptors (Lipinski definition) is 5. The van der Waals surface area contributed by atoms with E-state index in [0.717, 1.165) is 36.0 Å². The van der Waals surface area contributed by atoms with E-state index in [-0.39, 0.29) is 36.7 Å². The molecule has 2 heterocycles. The Balaban J connectivity index is 1.49. The normalized spacial score (nSPS) is 16.8. The molecule has 0 atom stereocenters. The molecule has 10 heteroatoms. The molecule has 4 rings (SSSR count). The smallest absolute Gasteiger partial charge is 0.416 e. The standard InChI is InChI=1S/C30H39F3N4O3/c1-29(2,3)40-28(39)36-17-14-24-21(19-36)9-7-11-26(24)34-18-27(38)37(23-12-15-35(4)16-13-23)20-22-8-5-6-10-25(22)30(31,32)33/h5-11,23,34H,12-20H2,1-4H3. The molecule has 2 aliphatic rings. The number of ether oxygens (including phenoxy) is 1. The van der Waals surface area contributed by atoms with E-state index in [9.17, 15) is 22.8 Å². The summed E-state index contributed by atoms with van der Waals surface area (Å²) in [5, 5.41) is 3.26. The van der Waals surface area contributed by atoms with Crippen LogP contribution in [0.25, 0.3) is 0 Å². The van der Waals surface area contributed by atoms with Crippen LogP contribution in [0.5, 0.6) is 0 Å². The second kappa shape index (κ2) is 12.1. The zero-order valence-electron chi connectivity index (χ0n) is 23.7. The van der Waals surface area contributed by atoms with Crippen molar-refractivity contribution in [2.45, 2.75) is 70.9 Å². The fourth-order valence-corrected chi connectivity index (χ4v) is 5.38. The largest absolute Gasteiger partial charge is 0.444 e. The summed E-state index contributed by atoms with van der Waals surface area (Å²) >= 11 is 0. The molecule has 0 radical (unpaired) electrons. The van der Waals surface area contributed by atoms with Crippen molar-refractivity contribution in [3.8, 4) is 0 Å². The lowest BCUT2D eigenvalue weighted by atomic mass is 9.98. The fourth-order valence-electron chi connectivity index (χ4n) is 5.38. The van der Waals surface area contributed by atoms with Crippen LogP contribution in [0.3, 0.4) is 0 Å². The monoisotopic (exact) mass is 560 g/mol. The molecule has 0 aliphatic carbocycles. The SMILES string of the molecule is CN1CCC(N(Cc2ccccc2C(F)(F)F)C(=O)CNc2cccc3c2CCN(C(=O)OC(C)(C)C)C3)CC1. The van der Waals surface area contributed by atoms with E-state index < -0.39 is 17.3 Å². The van der Waals surface area contributed by atoms with E-state index in [1.54, 1.807) is 15.9 Å². The van der Waals surface area contributed by atoms with Crippen LogP contribution in [-0.4, -0.2) is 71.6 Å². The van der Waals surface area contributed by atoms with Crippen molar-refractivity contribution in [3.63, 3.8) is 0 Å². The summed E-state index contributed by atoms with van der Waals surface area (Å²) in [6, 6.07) is 11.1. The topological polar surface area (TPSA) is 65.1 Å². The summed E-state index contributed by atoms with van der Waals surface area (Å²) in [5.41, 5.74) is 1.61. The predicted octanol–water partition coefficient (Wildman–Crippen LogP) is 5.53. The summed E-state index contributed by atoms with van der Waals surface area (Å²) in [5.74, 6) is -0.240. The highest BCUT2D eigenvalue weighted by atomic mass is 19.4. The van der Waals surface area contributed by atoms with Gasteiger partial charge in [0, 0.05) is 31.4 Å². The summed E-state index contributed by atoms with van der Waals surface area (Å²) in [7, 11) is 2.01. The minimum absolute atomic E-state index is 0.0350. The Labute approximate surface area is 234 Å². The molecule has 7 nitrogen and oxygen atoms in total. The third-order valence-corrected chi connectivity index (χ3v) is 7.46. The molecule has 1 N–H and O–H groups in total. The number of carbonyl (C=O) groups is 2. The van der Waals surface area contributed by atoms with Gasteiger partial charge in [0.25, 0.3) is 0 Å². The Hall–Kier alpha value is -3.27. The minimum atomic E-state index is -4.49. The summed E-state index contributed by atoms with van der Waals surface area (Å²) < 4.78 is 46.7. The summed E-state index contributed by atoms with van der Waals surface area (Å²) in [6.07, 6.45) is -2.84. The highest BCUT2D eigenvalue weighted by Crippen LogP contribution is 2.33. The van der Waals surface area contributed by atoms with Crippen LogP contribution < -0.4 is 5.32 Å². The molecule has 2 amide bonds. The lowest BCUT2D eigenvalue weighted by Gasteiger charge is -2.38. The van der Waals surface area contributed by atoms with E-state index >= 15 is 0 Å². The number of piperidine rings is 1. The number of carbonyl (C=O) groups excluding carboxylic acids is 2. The van der Waals surface area contributed by atoms with E-state index in [2.05, 4.69) is 10.2 Å². The lowest BCUT2D eigenvalue weighted by molar-refractivity contribution is -0.140. The van der Waals surface area contributed by atoms with Crippen molar-refractivity contribution in [2.24, 2.45) is 0 Å². The van der Waals surface area contributed by atoms with Gasteiger partial charge in [-0.25, -0.2) is 4.79 Å². The van der Waals surface area contributed by atoms with Crippen LogP contribution in [0.15, 0.2) is 42.5 Å². The van der Waals surface area contributed by atoms with Gasteiger partial charge in [0.15, 0.2) is 0 Å². The average Bonchev–Trinajstić information content (AvgIpc) is 2.89. The maximum Gasteiger partial charge on any atom is 0.416 e. The van der Waals surface area contributed by atoms with Gasteiger partial charge in [-0.2, -0.15) is 13.2 Å². The van der Waals surface area contributed by atoms with E-state index in [0.29, 0.717) is 32.4 Å². The highest BCUT2D eigenvalue weighted by molar-refractivity contribution is 5.82. The fraction of sp³-hybridized carbons (Fsp3) is 0.533. The summed E-state index contributed by atoms with van der Waals surface area (Å²) in [6.45, 7) is 7.82. The molecule has 0 aromatic heterocycles. The van der Waals surface area contributed by atoms with Gasteiger partial charge in [0.05, 0.1) is 12.1 Å². The van der Waals surface area contributed by atoms with Crippen molar-refractivity contribution in [3.05, 3.63) is 64.7 Å².